The number of aliphatic hydroxyl groups is 1. The number of ether oxygens (including phenoxy) is 10. The van der Waals surface area contributed by atoms with E-state index in [-0.39, 0.29) is 95.6 Å². The van der Waals surface area contributed by atoms with Crippen LogP contribution in [0.4, 0.5) is 10.5 Å². The number of anilines is 1. The third kappa shape index (κ3) is 44.2. The predicted molar refractivity (Wildman–Crippen MR) is 307 cm³/mol. The molecule has 1 saturated heterocycles. The van der Waals surface area contributed by atoms with E-state index in [4.69, 9.17) is 69.8 Å². The second kappa shape index (κ2) is 53.9. The molecule has 28 nitrogen and oxygen atoms in total. The molecule has 476 valence electrons. The molecule has 1 heterocycles. The lowest BCUT2D eigenvalue weighted by Gasteiger charge is -2.22. The summed E-state index contributed by atoms with van der Waals surface area (Å²) in [5.41, 5.74) is 12.8. The molecule has 1 aliphatic rings. The van der Waals surface area contributed by atoms with Gasteiger partial charge in [0.25, 0.3) is 0 Å². The zero-order chi connectivity index (χ0) is 62.5. The van der Waals surface area contributed by atoms with Crippen LogP contribution in [-0.4, -0.2) is 219 Å². The highest BCUT2D eigenvalue weighted by molar-refractivity contribution is 6.03. The molecular formula is C55H97N9O19. The van der Waals surface area contributed by atoms with Crippen LogP contribution in [0.5, 0.6) is 0 Å². The maximum Gasteiger partial charge on any atom is 0.312 e. The number of hydrogen-bond acceptors (Lipinski definition) is 21. The number of imide groups is 1. The molecule has 1 aromatic rings. The van der Waals surface area contributed by atoms with E-state index in [0.29, 0.717) is 135 Å². The van der Waals surface area contributed by atoms with Crippen molar-refractivity contribution < 1.29 is 91.1 Å². The van der Waals surface area contributed by atoms with Gasteiger partial charge in [0.05, 0.1) is 170 Å². The molecule has 28 heteroatoms. The largest absolute Gasteiger partial charge is 0.481 e. The van der Waals surface area contributed by atoms with Gasteiger partial charge in [-0.2, -0.15) is 0 Å². The quantitative estimate of drug-likeness (QED) is 0.0142. The van der Waals surface area contributed by atoms with E-state index in [0.717, 1.165) is 11.3 Å². The third-order valence-corrected chi connectivity index (χ3v) is 10.7. The van der Waals surface area contributed by atoms with Gasteiger partial charge >= 0.3 is 12.0 Å². The summed E-state index contributed by atoms with van der Waals surface area (Å²) in [5.74, 6) is 2.51. The molecule has 0 saturated carbocycles. The maximum absolute atomic E-state index is 13.0. The van der Waals surface area contributed by atoms with Crippen molar-refractivity contribution >= 4 is 47.2 Å². The number of carboxylic acids is 1. The molecule has 0 bridgehead atoms. The molecule has 1 fully saturated rings. The van der Waals surface area contributed by atoms with Crippen LogP contribution in [0.3, 0.4) is 0 Å². The van der Waals surface area contributed by atoms with Crippen LogP contribution in [0.1, 0.15) is 78.4 Å². The zero-order valence-electron chi connectivity index (χ0n) is 49.7. The number of hydrogen-bond donors (Lipinski definition) is 9. The highest BCUT2D eigenvalue weighted by Gasteiger charge is 2.35. The van der Waals surface area contributed by atoms with Crippen molar-refractivity contribution in [2.75, 3.05) is 157 Å². The number of carbonyl (C=O) groups is 7. The van der Waals surface area contributed by atoms with Crippen molar-refractivity contribution in [2.24, 2.45) is 29.1 Å². The zero-order valence-corrected chi connectivity index (χ0v) is 49.7. The van der Waals surface area contributed by atoms with Crippen LogP contribution in [-0.2, 0) is 89.3 Å². The van der Waals surface area contributed by atoms with E-state index in [9.17, 15) is 38.7 Å². The number of nitrogens with one attached hydrogen (secondary N) is 4. The first-order chi connectivity index (χ1) is 40.0. The van der Waals surface area contributed by atoms with Gasteiger partial charge in [0.15, 0.2) is 0 Å². The molecule has 7 amide bonds. The van der Waals surface area contributed by atoms with Gasteiger partial charge < -0.3 is 95.3 Å². The van der Waals surface area contributed by atoms with Crippen molar-refractivity contribution in [1.29, 1.82) is 0 Å². The van der Waals surface area contributed by atoms with Crippen LogP contribution in [0.25, 0.3) is 0 Å². The monoisotopic (exact) mass is 1190 g/mol. The molecule has 0 radical (unpaired) electrons. The van der Waals surface area contributed by atoms with Gasteiger partial charge in [0.1, 0.15) is 6.04 Å². The molecule has 2 atom stereocenters. The molecule has 1 aliphatic heterocycles. The van der Waals surface area contributed by atoms with E-state index < -0.39 is 35.8 Å². The minimum absolute atomic E-state index is 0.0234. The van der Waals surface area contributed by atoms with E-state index in [1.54, 1.807) is 39.0 Å². The Hall–Kier alpha value is -6.07. The SMILES string of the molecule is C#C.CC.CC1CC(=O)N(CCOCCC(=O)NC(C(=O)NCC(=O)Nc2ccc(CO)c(COC/C(N)=C/N(N)CCOCCOCCOCCOCCOCCOCCOCCOCCC(=O)O)c2)C(C)C)C1=O.CCCNC(N)=O. The minimum atomic E-state index is -0.918. The molecular weight excluding hydrogens is 1090 g/mol. The van der Waals surface area contributed by atoms with Crippen LogP contribution >= 0.6 is 0 Å². The van der Waals surface area contributed by atoms with Crippen molar-refractivity contribution in [2.45, 2.75) is 86.5 Å². The van der Waals surface area contributed by atoms with Gasteiger partial charge in [-0.15, -0.1) is 12.8 Å². The lowest BCUT2D eigenvalue weighted by molar-refractivity contribution is -0.140. The Morgan fingerprint density at radius 2 is 1.22 bits per heavy atom. The van der Waals surface area contributed by atoms with Crippen molar-refractivity contribution in [3.63, 3.8) is 0 Å². The number of likely N-dealkylation sites (tertiary alicyclic amines) is 1. The van der Waals surface area contributed by atoms with Crippen LogP contribution in [0.15, 0.2) is 30.1 Å². The summed E-state index contributed by atoms with van der Waals surface area (Å²) in [6.45, 7) is 18.0. The number of carbonyl (C=O) groups excluding carboxylic acids is 6. The van der Waals surface area contributed by atoms with Crippen LogP contribution in [0.2, 0.25) is 0 Å². The van der Waals surface area contributed by atoms with Gasteiger partial charge in [-0.25, -0.2) is 10.6 Å². The summed E-state index contributed by atoms with van der Waals surface area (Å²) in [6, 6.07) is 3.53. The Morgan fingerprint density at radius 1 is 0.723 bits per heavy atom. The van der Waals surface area contributed by atoms with Gasteiger partial charge in [-0.05, 0) is 35.6 Å². The molecule has 12 N–H and O–H groups in total. The molecule has 83 heavy (non-hydrogen) atoms. The number of benzene rings is 1. The molecule has 0 aliphatic carbocycles. The molecule has 1 aromatic carbocycles. The third-order valence-electron chi connectivity index (χ3n) is 10.7. The smallest absolute Gasteiger partial charge is 0.312 e. The first-order valence-electron chi connectivity index (χ1n) is 27.8. The maximum atomic E-state index is 13.0. The van der Waals surface area contributed by atoms with Gasteiger partial charge in [-0.1, -0.05) is 47.6 Å². The predicted octanol–water partition coefficient (Wildman–Crippen LogP) is 0.616. The number of aliphatic carboxylic acids is 1. The minimum Gasteiger partial charge on any atom is -0.481 e. The highest BCUT2D eigenvalue weighted by Crippen LogP contribution is 2.19. The highest BCUT2D eigenvalue weighted by atomic mass is 16.6. The summed E-state index contributed by atoms with van der Waals surface area (Å²) in [4.78, 5) is 83.7. The number of primary amides is 1. The van der Waals surface area contributed by atoms with E-state index in [1.807, 2.05) is 20.8 Å². The van der Waals surface area contributed by atoms with Crippen molar-refractivity contribution in [1.82, 2.24) is 25.9 Å². The van der Waals surface area contributed by atoms with E-state index in [1.165, 1.54) is 11.2 Å². The number of terminal acetylenes is 1. The van der Waals surface area contributed by atoms with Crippen molar-refractivity contribution in [3.8, 4) is 12.8 Å². The average Bonchev–Trinajstić information content (AvgIpc) is 3.74. The normalized spacial score (nSPS) is 13.2. The Bertz CT molecular complexity index is 1970. The van der Waals surface area contributed by atoms with Crippen molar-refractivity contribution in [3.05, 3.63) is 41.2 Å². The number of carboxylic acid groups (broad SMARTS) is 1. The van der Waals surface area contributed by atoms with E-state index in [2.05, 4.69) is 34.1 Å². The van der Waals surface area contributed by atoms with E-state index >= 15 is 0 Å². The number of rotatable bonds is 47. The fraction of sp³-hybridized carbons (Fsp3) is 0.691. The first-order valence-corrected chi connectivity index (χ1v) is 27.8. The number of urea groups is 1. The topological polar surface area (TPSA) is 385 Å². The summed E-state index contributed by atoms with van der Waals surface area (Å²) >= 11 is 0. The average molecular weight is 1190 g/mol. The summed E-state index contributed by atoms with van der Waals surface area (Å²) < 4.78 is 54.6. The fourth-order valence-electron chi connectivity index (χ4n) is 6.57. The van der Waals surface area contributed by atoms with Crippen LogP contribution < -0.4 is 38.6 Å². The number of aliphatic hydroxyl groups excluding tert-OH is 1. The lowest BCUT2D eigenvalue weighted by Crippen LogP contribution is -2.51. The Kier molecular flexibility index (Phi) is 51.3. The summed E-state index contributed by atoms with van der Waals surface area (Å²) in [5, 5.41) is 30.2. The molecule has 2 unspecified atom stereocenters. The standard InChI is InChI=1S/C47H79N7O18.C4H10N2O.C2H6.C2H2/c1-35(2)45(52-41(56)6-10-63-13-9-54-43(58)28-36(3)47(54)62)46(61)50-30-42(57)51-40-5-4-37(32-55)38(29-40)33-72-34-39(48)31-53(49)8-12-65-15-17-67-19-21-69-23-25-71-27-26-70-24-22-68-20-18-66-16-14-64-11-7-44(59)60;1-2-3-6-4(5)7;2*1-2/h4-5,29,31,35-36,45,55H,6-28,30,32-34,48-49H2,1-3H3,(H,50,61)(H,51,57)(H,52,56)(H,59,60);2-3H2,1H3,(H3,5,6,7);1-2H3;1-2H/b39-31-;;;. The van der Waals surface area contributed by atoms with Gasteiger partial charge in [-0.3, -0.25) is 33.7 Å². The Morgan fingerprint density at radius 3 is 1.66 bits per heavy atom. The van der Waals surface area contributed by atoms with Gasteiger partial charge in [0, 0.05) is 37.2 Å². The number of nitrogens with zero attached hydrogens (tertiary/aromatic N) is 2. The lowest BCUT2D eigenvalue weighted by atomic mass is 10.0. The Balaban J connectivity index is 0. The Labute approximate surface area is 489 Å². The molecule has 2 rings (SSSR count). The number of hydrazine groups is 1. The first kappa shape index (κ1) is 79.0. The molecule has 0 spiro atoms. The summed E-state index contributed by atoms with van der Waals surface area (Å²) in [6.07, 6.45) is 10.6. The number of nitrogens with two attached hydrogens (primary N) is 3. The van der Waals surface area contributed by atoms with Gasteiger partial charge in [0.2, 0.25) is 29.5 Å². The second-order valence-electron chi connectivity index (χ2n) is 17.8. The summed E-state index contributed by atoms with van der Waals surface area (Å²) in [7, 11) is 0. The second-order valence-corrected chi connectivity index (χ2v) is 17.8. The van der Waals surface area contributed by atoms with Crippen LogP contribution in [0, 0.1) is 24.7 Å². The fourth-order valence-corrected chi connectivity index (χ4v) is 6.57. The number of amides is 7. The molecule has 0 aromatic heterocycles.